The summed E-state index contributed by atoms with van der Waals surface area (Å²) in [6.45, 7) is 3.46. The molecule has 0 bridgehead atoms. The van der Waals surface area contributed by atoms with Crippen LogP contribution in [0.1, 0.15) is 25.3 Å². The van der Waals surface area contributed by atoms with Crippen LogP contribution in [0.2, 0.25) is 0 Å². The first kappa shape index (κ1) is 14.0. The molecule has 1 amide bonds. The van der Waals surface area contributed by atoms with Gasteiger partial charge in [0.15, 0.2) is 0 Å². The highest BCUT2D eigenvalue weighted by molar-refractivity contribution is 5.77. The molecule has 2 rings (SSSR count). The van der Waals surface area contributed by atoms with Crippen molar-refractivity contribution in [3.05, 3.63) is 35.6 Å². The molecule has 1 aliphatic rings. The van der Waals surface area contributed by atoms with Gasteiger partial charge in [-0.3, -0.25) is 4.79 Å². The summed E-state index contributed by atoms with van der Waals surface area (Å²) >= 11 is 0. The van der Waals surface area contributed by atoms with Crippen LogP contribution in [-0.2, 0) is 11.2 Å². The van der Waals surface area contributed by atoms with E-state index in [1.165, 1.54) is 12.1 Å². The molecular formula is C15H21FN2O. The highest BCUT2D eigenvalue weighted by Crippen LogP contribution is 2.21. The Morgan fingerprint density at radius 1 is 1.47 bits per heavy atom. The van der Waals surface area contributed by atoms with Crippen LogP contribution < -0.4 is 5.73 Å². The molecule has 19 heavy (non-hydrogen) atoms. The number of nitrogens with two attached hydrogens (primary N) is 1. The minimum absolute atomic E-state index is 0.0800. The molecule has 2 N–H and O–H groups in total. The van der Waals surface area contributed by atoms with E-state index in [4.69, 9.17) is 5.73 Å². The van der Waals surface area contributed by atoms with Crippen molar-refractivity contribution in [2.24, 2.45) is 11.7 Å². The zero-order valence-corrected chi connectivity index (χ0v) is 11.3. The van der Waals surface area contributed by atoms with Crippen LogP contribution in [0.3, 0.4) is 0 Å². The van der Waals surface area contributed by atoms with E-state index in [1.54, 1.807) is 0 Å². The lowest BCUT2D eigenvalue weighted by Crippen LogP contribution is -2.33. The van der Waals surface area contributed by atoms with Gasteiger partial charge in [0.1, 0.15) is 5.82 Å². The predicted octanol–water partition coefficient (Wildman–Crippen LogP) is 1.95. The van der Waals surface area contributed by atoms with E-state index in [-0.39, 0.29) is 17.8 Å². The van der Waals surface area contributed by atoms with Gasteiger partial charge < -0.3 is 10.6 Å². The molecule has 0 aliphatic carbocycles. The Labute approximate surface area is 113 Å². The lowest BCUT2D eigenvalue weighted by molar-refractivity contribution is -0.130. The standard InChI is InChI=1S/C15H21FN2O/c1-11(17)8-15(19)18-7-6-13(10-18)9-12-2-4-14(16)5-3-12/h2-5,11,13H,6-10,17H2,1H3. The van der Waals surface area contributed by atoms with Gasteiger partial charge in [-0.1, -0.05) is 12.1 Å². The van der Waals surface area contributed by atoms with E-state index in [1.807, 2.05) is 24.0 Å². The molecule has 2 unspecified atom stereocenters. The number of rotatable bonds is 4. The number of halogens is 1. The normalized spacial score (nSPS) is 20.6. The van der Waals surface area contributed by atoms with Crippen LogP contribution in [-0.4, -0.2) is 29.9 Å². The van der Waals surface area contributed by atoms with E-state index < -0.39 is 0 Å². The van der Waals surface area contributed by atoms with Crippen LogP contribution in [0.25, 0.3) is 0 Å². The quantitative estimate of drug-likeness (QED) is 0.903. The first-order valence-corrected chi connectivity index (χ1v) is 6.82. The third-order valence-corrected chi connectivity index (χ3v) is 3.57. The molecule has 1 aromatic carbocycles. The zero-order valence-electron chi connectivity index (χ0n) is 11.3. The highest BCUT2D eigenvalue weighted by Gasteiger charge is 2.26. The van der Waals surface area contributed by atoms with Crippen molar-refractivity contribution in [1.82, 2.24) is 4.90 Å². The van der Waals surface area contributed by atoms with Crippen molar-refractivity contribution >= 4 is 5.91 Å². The number of amides is 1. The van der Waals surface area contributed by atoms with Gasteiger partial charge in [0.05, 0.1) is 0 Å². The average Bonchev–Trinajstić information content (AvgIpc) is 2.80. The molecule has 3 nitrogen and oxygen atoms in total. The summed E-state index contributed by atoms with van der Waals surface area (Å²) < 4.78 is 12.8. The van der Waals surface area contributed by atoms with Crippen LogP contribution in [0, 0.1) is 11.7 Å². The SMILES string of the molecule is CC(N)CC(=O)N1CCC(Cc2ccc(F)cc2)C1. The lowest BCUT2D eigenvalue weighted by atomic mass is 9.99. The number of benzene rings is 1. The Hall–Kier alpha value is -1.42. The largest absolute Gasteiger partial charge is 0.342 e. The second-order valence-electron chi connectivity index (χ2n) is 5.51. The summed E-state index contributed by atoms with van der Waals surface area (Å²) in [5.41, 5.74) is 6.78. The van der Waals surface area contributed by atoms with Crippen LogP contribution in [0.5, 0.6) is 0 Å². The third-order valence-electron chi connectivity index (χ3n) is 3.57. The molecule has 1 saturated heterocycles. The maximum atomic E-state index is 12.8. The summed E-state index contributed by atoms with van der Waals surface area (Å²) in [6, 6.07) is 6.54. The fourth-order valence-electron chi connectivity index (χ4n) is 2.58. The first-order valence-electron chi connectivity index (χ1n) is 6.82. The van der Waals surface area contributed by atoms with Gasteiger partial charge in [-0.05, 0) is 43.4 Å². The number of hydrogen-bond donors (Lipinski definition) is 1. The molecule has 1 aromatic rings. The Kier molecular flexibility index (Phi) is 4.53. The Balaban J connectivity index is 1.85. The van der Waals surface area contributed by atoms with Gasteiger partial charge in [0.25, 0.3) is 0 Å². The summed E-state index contributed by atoms with van der Waals surface area (Å²) in [7, 11) is 0. The molecule has 2 atom stereocenters. The zero-order chi connectivity index (χ0) is 13.8. The minimum atomic E-state index is -0.205. The molecule has 0 saturated carbocycles. The number of likely N-dealkylation sites (tertiary alicyclic amines) is 1. The average molecular weight is 264 g/mol. The molecule has 1 heterocycles. The maximum absolute atomic E-state index is 12.8. The fourth-order valence-corrected chi connectivity index (χ4v) is 2.58. The maximum Gasteiger partial charge on any atom is 0.224 e. The van der Waals surface area contributed by atoms with Crippen molar-refractivity contribution in [3.8, 4) is 0 Å². The van der Waals surface area contributed by atoms with E-state index >= 15 is 0 Å². The van der Waals surface area contributed by atoms with E-state index in [0.29, 0.717) is 12.3 Å². The summed E-state index contributed by atoms with van der Waals surface area (Å²) in [4.78, 5) is 13.8. The van der Waals surface area contributed by atoms with Gasteiger partial charge in [-0.15, -0.1) is 0 Å². The minimum Gasteiger partial charge on any atom is -0.342 e. The molecule has 1 fully saturated rings. The van der Waals surface area contributed by atoms with Crippen molar-refractivity contribution in [1.29, 1.82) is 0 Å². The molecular weight excluding hydrogens is 243 g/mol. The van der Waals surface area contributed by atoms with Crippen LogP contribution in [0.15, 0.2) is 24.3 Å². The number of nitrogens with zero attached hydrogens (tertiary/aromatic N) is 1. The molecule has 0 spiro atoms. The molecule has 0 radical (unpaired) electrons. The van der Waals surface area contributed by atoms with Gasteiger partial charge >= 0.3 is 0 Å². The smallest absolute Gasteiger partial charge is 0.224 e. The fraction of sp³-hybridized carbons (Fsp3) is 0.533. The van der Waals surface area contributed by atoms with Gasteiger partial charge in [0.2, 0.25) is 5.91 Å². The van der Waals surface area contributed by atoms with Crippen molar-refractivity contribution in [2.45, 2.75) is 32.2 Å². The lowest BCUT2D eigenvalue weighted by Gasteiger charge is -2.17. The van der Waals surface area contributed by atoms with Crippen molar-refractivity contribution in [3.63, 3.8) is 0 Å². The van der Waals surface area contributed by atoms with E-state index in [2.05, 4.69) is 0 Å². The Morgan fingerprint density at radius 2 is 2.16 bits per heavy atom. The van der Waals surface area contributed by atoms with Crippen molar-refractivity contribution < 1.29 is 9.18 Å². The Bertz CT molecular complexity index is 430. The van der Waals surface area contributed by atoms with Crippen molar-refractivity contribution in [2.75, 3.05) is 13.1 Å². The monoisotopic (exact) mass is 264 g/mol. The third kappa shape index (κ3) is 4.03. The number of carbonyl (C=O) groups excluding carboxylic acids is 1. The molecule has 4 heteroatoms. The predicted molar refractivity (Wildman–Crippen MR) is 73.1 cm³/mol. The van der Waals surface area contributed by atoms with Gasteiger partial charge in [-0.25, -0.2) is 4.39 Å². The summed E-state index contributed by atoms with van der Waals surface area (Å²) in [6.07, 6.45) is 2.34. The van der Waals surface area contributed by atoms with Crippen LogP contribution >= 0.6 is 0 Å². The van der Waals surface area contributed by atoms with E-state index in [9.17, 15) is 9.18 Å². The molecule has 0 aromatic heterocycles. The Morgan fingerprint density at radius 3 is 2.79 bits per heavy atom. The molecule has 1 aliphatic heterocycles. The highest BCUT2D eigenvalue weighted by atomic mass is 19.1. The number of hydrogen-bond acceptors (Lipinski definition) is 2. The summed E-state index contributed by atoms with van der Waals surface area (Å²) in [5, 5.41) is 0. The van der Waals surface area contributed by atoms with Crippen LogP contribution in [0.4, 0.5) is 4.39 Å². The van der Waals surface area contributed by atoms with E-state index in [0.717, 1.165) is 31.5 Å². The number of carbonyl (C=O) groups is 1. The van der Waals surface area contributed by atoms with Gasteiger partial charge in [0, 0.05) is 25.6 Å². The topological polar surface area (TPSA) is 46.3 Å². The second-order valence-corrected chi connectivity index (χ2v) is 5.51. The second kappa shape index (κ2) is 6.15. The first-order chi connectivity index (χ1) is 9.04. The van der Waals surface area contributed by atoms with Gasteiger partial charge in [-0.2, -0.15) is 0 Å². The summed E-state index contributed by atoms with van der Waals surface area (Å²) in [5.74, 6) is 0.419. The molecule has 104 valence electrons.